The van der Waals surface area contributed by atoms with Crippen molar-refractivity contribution in [3.63, 3.8) is 0 Å². The topological polar surface area (TPSA) is 69.9 Å². The van der Waals surface area contributed by atoms with Gasteiger partial charge in [0.05, 0.1) is 29.0 Å². The van der Waals surface area contributed by atoms with Gasteiger partial charge in [0.1, 0.15) is 12.4 Å². The first-order valence-electron chi connectivity index (χ1n) is 11.4. The van der Waals surface area contributed by atoms with Crippen molar-refractivity contribution in [1.29, 1.82) is 0 Å². The normalized spacial score (nSPS) is 13.5. The molecule has 5 rings (SSSR count). The van der Waals surface area contributed by atoms with Gasteiger partial charge in [-0.1, -0.05) is 72.0 Å². The van der Waals surface area contributed by atoms with Gasteiger partial charge in [0.25, 0.3) is 5.56 Å². The molecule has 0 N–H and O–H groups in total. The number of nitrogens with zero attached hydrogens (tertiary/aromatic N) is 2. The van der Waals surface area contributed by atoms with E-state index < -0.39 is 5.97 Å². The number of aromatic nitrogens is 1. The van der Waals surface area contributed by atoms with Gasteiger partial charge in [-0.2, -0.15) is 0 Å². The van der Waals surface area contributed by atoms with Crippen molar-refractivity contribution in [2.75, 3.05) is 6.61 Å². The molecule has 1 aromatic heterocycles. The number of rotatable bonds is 6. The number of fused-ring (bicyclic) bond motifs is 2. The molecule has 3 aromatic carbocycles. The SMILES string of the molecule is CCOC(=O)C1=C(C)N=c2s/c(=C\c3ccccc3OCc3cccc4ccccc34)c(=O)n2C1. The van der Waals surface area contributed by atoms with E-state index >= 15 is 0 Å². The largest absolute Gasteiger partial charge is 0.488 e. The smallest absolute Gasteiger partial charge is 0.337 e. The molecule has 0 amide bonds. The first kappa shape index (κ1) is 22.8. The fourth-order valence-corrected chi connectivity index (χ4v) is 5.11. The van der Waals surface area contributed by atoms with Crippen LogP contribution in [0.4, 0.5) is 0 Å². The van der Waals surface area contributed by atoms with Crippen LogP contribution in [-0.2, 0) is 22.7 Å². The lowest BCUT2D eigenvalue weighted by Gasteiger charge is -2.12. The van der Waals surface area contributed by atoms with Gasteiger partial charge in [-0.3, -0.25) is 9.36 Å². The third kappa shape index (κ3) is 4.55. The Balaban J connectivity index is 1.46. The third-order valence-electron chi connectivity index (χ3n) is 5.89. The van der Waals surface area contributed by atoms with E-state index in [1.807, 2.05) is 48.5 Å². The summed E-state index contributed by atoms with van der Waals surface area (Å²) in [6.07, 6.45) is 1.83. The second-order valence-corrected chi connectivity index (χ2v) is 9.15. The number of hydrogen-bond donors (Lipinski definition) is 0. The number of ether oxygens (including phenoxy) is 2. The van der Waals surface area contributed by atoms with Crippen molar-refractivity contribution in [2.24, 2.45) is 4.99 Å². The number of carbonyl (C=O) groups is 1. The summed E-state index contributed by atoms with van der Waals surface area (Å²) in [5, 5.41) is 2.32. The molecule has 2 heterocycles. The molecule has 0 saturated carbocycles. The van der Waals surface area contributed by atoms with Gasteiger partial charge in [0, 0.05) is 5.56 Å². The monoisotopic (exact) mass is 484 g/mol. The van der Waals surface area contributed by atoms with Crippen LogP contribution >= 0.6 is 11.3 Å². The molecule has 0 radical (unpaired) electrons. The van der Waals surface area contributed by atoms with Crippen molar-refractivity contribution in [3.8, 4) is 5.75 Å². The highest BCUT2D eigenvalue weighted by atomic mass is 32.1. The van der Waals surface area contributed by atoms with Crippen LogP contribution in [0.15, 0.2) is 87.8 Å². The molecule has 0 saturated heterocycles. The van der Waals surface area contributed by atoms with Crippen LogP contribution in [0, 0.1) is 0 Å². The number of hydrogen-bond acceptors (Lipinski definition) is 6. The van der Waals surface area contributed by atoms with E-state index in [1.165, 1.54) is 21.3 Å². The molecule has 0 bridgehead atoms. The van der Waals surface area contributed by atoms with Gasteiger partial charge in [-0.25, -0.2) is 9.79 Å². The Labute approximate surface area is 206 Å². The first-order valence-corrected chi connectivity index (χ1v) is 12.2. The van der Waals surface area contributed by atoms with Crippen molar-refractivity contribution in [2.45, 2.75) is 27.0 Å². The lowest BCUT2D eigenvalue weighted by atomic mass is 10.1. The Kier molecular flexibility index (Phi) is 6.33. The molecule has 4 aromatic rings. The van der Waals surface area contributed by atoms with Gasteiger partial charge in [-0.15, -0.1) is 0 Å². The summed E-state index contributed by atoms with van der Waals surface area (Å²) in [5.74, 6) is 0.255. The van der Waals surface area contributed by atoms with Crippen molar-refractivity contribution in [3.05, 3.63) is 109 Å². The highest BCUT2D eigenvalue weighted by molar-refractivity contribution is 7.07. The lowest BCUT2D eigenvalue weighted by Crippen LogP contribution is -2.35. The molecular weight excluding hydrogens is 460 g/mol. The van der Waals surface area contributed by atoms with E-state index in [-0.39, 0.29) is 18.7 Å². The zero-order valence-corrected chi connectivity index (χ0v) is 20.3. The maximum absolute atomic E-state index is 13.2. The fraction of sp³-hybridized carbons (Fsp3) is 0.179. The molecule has 7 heteroatoms. The van der Waals surface area contributed by atoms with E-state index in [0.717, 1.165) is 16.5 Å². The minimum atomic E-state index is -0.435. The minimum absolute atomic E-state index is 0.159. The summed E-state index contributed by atoms with van der Waals surface area (Å²) in [7, 11) is 0. The highest BCUT2D eigenvalue weighted by Crippen LogP contribution is 2.23. The highest BCUT2D eigenvalue weighted by Gasteiger charge is 2.21. The molecular formula is C28H24N2O4S. The Bertz CT molecular complexity index is 1640. The molecule has 176 valence electrons. The van der Waals surface area contributed by atoms with E-state index in [9.17, 15) is 9.59 Å². The summed E-state index contributed by atoms with van der Waals surface area (Å²) < 4.78 is 13.4. The average molecular weight is 485 g/mol. The second-order valence-electron chi connectivity index (χ2n) is 8.15. The Hall–Kier alpha value is -3.97. The summed E-state index contributed by atoms with van der Waals surface area (Å²) in [6, 6.07) is 22.0. The molecule has 0 unspecified atom stereocenters. The third-order valence-corrected chi connectivity index (χ3v) is 6.90. The number of benzene rings is 3. The van der Waals surface area contributed by atoms with E-state index in [2.05, 4.69) is 29.3 Å². The maximum atomic E-state index is 13.2. The molecule has 6 nitrogen and oxygen atoms in total. The predicted octanol–water partition coefficient (Wildman–Crippen LogP) is 3.94. The number of allylic oxidation sites excluding steroid dienone is 1. The summed E-state index contributed by atoms with van der Waals surface area (Å²) in [6.45, 7) is 4.36. The van der Waals surface area contributed by atoms with E-state index in [4.69, 9.17) is 9.47 Å². The molecule has 0 spiro atoms. The number of thiazole rings is 1. The Morgan fingerprint density at radius 1 is 1.09 bits per heavy atom. The summed E-state index contributed by atoms with van der Waals surface area (Å²) in [4.78, 5) is 30.5. The van der Waals surface area contributed by atoms with Crippen molar-refractivity contribution >= 4 is 34.2 Å². The van der Waals surface area contributed by atoms with Crippen LogP contribution in [0.25, 0.3) is 16.8 Å². The maximum Gasteiger partial charge on any atom is 0.337 e. The first-order chi connectivity index (χ1) is 17.0. The van der Waals surface area contributed by atoms with Crippen LogP contribution in [0.5, 0.6) is 5.75 Å². The quantitative estimate of drug-likeness (QED) is 0.389. The van der Waals surface area contributed by atoms with Gasteiger partial charge in [0.15, 0.2) is 4.80 Å². The van der Waals surface area contributed by atoms with E-state index in [1.54, 1.807) is 13.8 Å². The standard InChI is InChI=1S/C28H24N2O4S/c1-3-33-27(32)23-16-30-26(31)25(35-28(30)29-18(23)2)15-20-10-5-7-14-24(20)34-17-21-12-8-11-19-9-4-6-13-22(19)21/h4-15H,3,16-17H2,1-2H3/b25-15-. The molecule has 1 aliphatic rings. The van der Waals surface area contributed by atoms with E-state index in [0.29, 0.717) is 33.0 Å². The van der Waals surface area contributed by atoms with Crippen LogP contribution < -0.4 is 19.6 Å². The number of esters is 1. The van der Waals surface area contributed by atoms with Gasteiger partial charge < -0.3 is 9.47 Å². The number of para-hydroxylation sites is 1. The number of carbonyl (C=O) groups excluding carboxylic acids is 1. The van der Waals surface area contributed by atoms with Gasteiger partial charge >= 0.3 is 5.97 Å². The van der Waals surface area contributed by atoms with Crippen molar-refractivity contribution in [1.82, 2.24) is 4.57 Å². The average Bonchev–Trinajstić information content (AvgIpc) is 3.16. The summed E-state index contributed by atoms with van der Waals surface area (Å²) >= 11 is 1.30. The Morgan fingerprint density at radius 2 is 1.86 bits per heavy atom. The minimum Gasteiger partial charge on any atom is -0.488 e. The fourth-order valence-electron chi connectivity index (χ4n) is 4.09. The zero-order valence-electron chi connectivity index (χ0n) is 19.5. The van der Waals surface area contributed by atoms with Crippen LogP contribution in [0.2, 0.25) is 0 Å². The summed E-state index contributed by atoms with van der Waals surface area (Å²) in [5.41, 5.74) is 2.70. The van der Waals surface area contributed by atoms with Gasteiger partial charge in [-0.05, 0) is 42.3 Å². The lowest BCUT2D eigenvalue weighted by molar-refractivity contribution is -0.138. The molecule has 0 atom stereocenters. The molecule has 1 aliphatic heterocycles. The second kappa shape index (κ2) is 9.72. The Morgan fingerprint density at radius 3 is 2.71 bits per heavy atom. The van der Waals surface area contributed by atoms with Crippen LogP contribution in [-0.4, -0.2) is 17.1 Å². The van der Waals surface area contributed by atoms with Crippen molar-refractivity contribution < 1.29 is 14.3 Å². The zero-order chi connectivity index (χ0) is 24.4. The van der Waals surface area contributed by atoms with Gasteiger partial charge in [0.2, 0.25) is 0 Å². The molecule has 0 aliphatic carbocycles. The molecule has 35 heavy (non-hydrogen) atoms. The van der Waals surface area contributed by atoms with Crippen LogP contribution in [0.3, 0.4) is 0 Å². The van der Waals surface area contributed by atoms with Crippen LogP contribution in [0.1, 0.15) is 25.0 Å². The molecule has 0 fully saturated rings. The predicted molar refractivity (Wildman–Crippen MR) is 137 cm³/mol.